The van der Waals surface area contributed by atoms with E-state index in [9.17, 15) is 5.11 Å². The van der Waals surface area contributed by atoms with Crippen LogP contribution >= 0.6 is 0 Å². The predicted molar refractivity (Wildman–Crippen MR) is 81.1 cm³/mol. The molecule has 0 amide bonds. The molecule has 0 saturated heterocycles. The molecule has 1 unspecified atom stereocenters. The Bertz CT molecular complexity index is 471. The average molecular weight is 254 g/mol. The van der Waals surface area contributed by atoms with E-state index in [0.717, 1.165) is 25.7 Å². The van der Waals surface area contributed by atoms with Gasteiger partial charge in [-0.2, -0.15) is 0 Å². The summed E-state index contributed by atoms with van der Waals surface area (Å²) in [6.07, 6.45) is 4.08. The molecule has 2 rings (SSSR count). The van der Waals surface area contributed by atoms with Crippen LogP contribution in [0.15, 0.2) is 54.6 Å². The van der Waals surface area contributed by atoms with Crippen LogP contribution in [0.5, 0.6) is 0 Å². The van der Waals surface area contributed by atoms with Gasteiger partial charge in [0.05, 0.1) is 6.10 Å². The molecule has 19 heavy (non-hydrogen) atoms. The summed E-state index contributed by atoms with van der Waals surface area (Å²) >= 11 is 0. The molecule has 0 aliphatic rings. The van der Waals surface area contributed by atoms with Crippen LogP contribution in [-0.2, 0) is 6.42 Å². The molecule has 2 aromatic carbocycles. The highest BCUT2D eigenvalue weighted by Gasteiger charge is 1.99. The van der Waals surface area contributed by atoms with Gasteiger partial charge in [-0.25, -0.2) is 0 Å². The minimum Gasteiger partial charge on any atom is -0.393 e. The summed E-state index contributed by atoms with van der Waals surface area (Å²) in [4.78, 5) is 0. The van der Waals surface area contributed by atoms with E-state index in [-0.39, 0.29) is 6.10 Å². The van der Waals surface area contributed by atoms with Crippen molar-refractivity contribution in [2.45, 2.75) is 38.7 Å². The maximum atomic E-state index is 9.21. The Morgan fingerprint density at radius 2 is 1.47 bits per heavy atom. The van der Waals surface area contributed by atoms with E-state index < -0.39 is 0 Å². The Morgan fingerprint density at radius 3 is 2.11 bits per heavy atom. The lowest BCUT2D eigenvalue weighted by Gasteiger charge is -2.06. The summed E-state index contributed by atoms with van der Waals surface area (Å²) in [7, 11) is 0. The van der Waals surface area contributed by atoms with Gasteiger partial charge in [-0.3, -0.25) is 0 Å². The van der Waals surface area contributed by atoms with E-state index >= 15 is 0 Å². The van der Waals surface area contributed by atoms with Crippen LogP contribution in [-0.4, -0.2) is 11.2 Å². The summed E-state index contributed by atoms with van der Waals surface area (Å²) < 4.78 is 0. The second kappa shape index (κ2) is 7.10. The van der Waals surface area contributed by atoms with Gasteiger partial charge in [-0.05, 0) is 42.9 Å². The van der Waals surface area contributed by atoms with E-state index in [1.807, 2.05) is 13.0 Å². The van der Waals surface area contributed by atoms with Crippen molar-refractivity contribution in [3.63, 3.8) is 0 Å². The molecule has 0 radical (unpaired) electrons. The summed E-state index contributed by atoms with van der Waals surface area (Å²) in [6.45, 7) is 1.86. The molecule has 0 fully saturated rings. The molecule has 0 aromatic heterocycles. The predicted octanol–water partition coefficient (Wildman–Crippen LogP) is 4.45. The fraction of sp³-hybridized carbons (Fsp3) is 0.333. The van der Waals surface area contributed by atoms with Crippen molar-refractivity contribution in [1.29, 1.82) is 0 Å². The second-order valence-electron chi connectivity index (χ2n) is 5.16. The first-order valence-corrected chi connectivity index (χ1v) is 7.08. The van der Waals surface area contributed by atoms with Crippen molar-refractivity contribution in [2.24, 2.45) is 0 Å². The number of aliphatic hydroxyl groups excluding tert-OH is 1. The minimum absolute atomic E-state index is 0.166. The van der Waals surface area contributed by atoms with Crippen molar-refractivity contribution in [3.05, 3.63) is 60.2 Å². The Labute approximate surface area is 115 Å². The molecular weight excluding hydrogens is 232 g/mol. The van der Waals surface area contributed by atoms with E-state index in [1.54, 1.807) is 0 Å². The monoisotopic (exact) mass is 254 g/mol. The lowest BCUT2D eigenvalue weighted by Crippen LogP contribution is -1.98. The lowest BCUT2D eigenvalue weighted by molar-refractivity contribution is 0.180. The molecule has 0 saturated carbocycles. The van der Waals surface area contributed by atoms with Crippen molar-refractivity contribution >= 4 is 0 Å². The van der Waals surface area contributed by atoms with Gasteiger partial charge in [0.1, 0.15) is 0 Å². The summed E-state index contributed by atoms with van der Waals surface area (Å²) in [5, 5.41) is 9.21. The molecule has 2 aromatic rings. The zero-order valence-corrected chi connectivity index (χ0v) is 11.5. The third-order valence-electron chi connectivity index (χ3n) is 3.40. The molecule has 1 heteroatoms. The minimum atomic E-state index is -0.166. The topological polar surface area (TPSA) is 20.2 Å². The van der Waals surface area contributed by atoms with Crippen LogP contribution in [0.25, 0.3) is 11.1 Å². The first-order chi connectivity index (χ1) is 9.25. The number of aryl methyl sites for hydroxylation is 1. The van der Waals surface area contributed by atoms with Crippen molar-refractivity contribution < 1.29 is 5.11 Å². The number of aliphatic hydroxyl groups is 1. The van der Waals surface area contributed by atoms with E-state index in [4.69, 9.17) is 0 Å². The first kappa shape index (κ1) is 13.8. The number of hydrogen-bond acceptors (Lipinski definition) is 1. The van der Waals surface area contributed by atoms with Crippen LogP contribution < -0.4 is 0 Å². The molecule has 100 valence electrons. The fourth-order valence-corrected chi connectivity index (χ4v) is 2.26. The Morgan fingerprint density at radius 1 is 0.842 bits per heavy atom. The summed E-state index contributed by atoms with van der Waals surface area (Å²) in [5.74, 6) is 0. The zero-order valence-electron chi connectivity index (χ0n) is 11.5. The molecule has 0 spiro atoms. The third kappa shape index (κ3) is 4.53. The summed E-state index contributed by atoms with van der Waals surface area (Å²) in [6, 6.07) is 19.3. The highest BCUT2D eigenvalue weighted by Crippen LogP contribution is 2.20. The van der Waals surface area contributed by atoms with E-state index in [0.29, 0.717) is 0 Å². The highest BCUT2D eigenvalue weighted by atomic mass is 16.3. The molecule has 1 N–H and O–H groups in total. The molecule has 0 bridgehead atoms. The average Bonchev–Trinajstić information content (AvgIpc) is 2.45. The number of benzene rings is 2. The quantitative estimate of drug-likeness (QED) is 0.755. The maximum Gasteiger partial charge on any atom is 0.0512 e. The molecule has 1 nitrogen and oxygen atoms in total. The standard InChI is InChI=1S/C18H22O/c1-15(19)7-5-6-8-16-11-13-18(14-12-16)17-9-3-2-4-10-17/h2-4,9-15,19H,5-8H2,1H3. The normalized spacial score (nSPS) is 12.3. The van der Waals surface area contributed by atoms with Crippen LogP contribution in [0.3, 0.4) is 0 Å². The molecule has 1 atom stereocenters. The van der Waals surface area contributed by atoms with E-state index in [1.165, 1.54) is 16.7 Å². The lowest BCUT2D eigenvalue weighted by atomic mass is 10.0. The van der Waals surface area contributed by atoms with Crippen molar-refractivity contribution in [2.75, 3.05) is 0 Å². The number of hydrogen-bond donors (Lipinski definition) is 1. The Hall–Kier alpha value is -1.60. The van der Waals surface area contributed by atoms with Gasteiger partial charge in [0.2, 0.25) is 0 Å². The van der Waals surface area contributed by atoms with Crippen molar-refractivity contribution in [3.8, 4) is 11.1 Å². The van der Waals surface area contributed by atoms with Crippen LogP contribution in [0.2, 0.25) is 0 Å². The Kier molecular flexibility index (Phi) is 5.17. The summed E-state index contributed by atoms with van der Waals surface area (Å²) in [5.41, 5.74) is 3.92. The maximum absolute atomic E-state index is 9.21. The SMILES string of the molecule is CC(O)CCCCc1ccc(-c2ccccc2)cc1. The van der Waals surface area contributed by atoms with Gasteiger partial charge < -0.3 is 5.11 Å². The highest BCUT2D eigenvalue weighted by molar-refractivity contribution is 5.63. The van der Waals surface area contributed by atoms with E-state index in [2.05, 4.69) is 48.5 Å². The van der Waals surface area contributed by atoms with Gasteiger partial charge in [0.15, 0.2) is 0 Å². The largest absolute Gasteiger partial charge is 0.393 e. The van der Waals surface area contributed by atoms with Crippen LogP contribution in [0, 0.1) is 0 Å². The third-order valence-corrected chi connectivity index (χ3v) is 3.40. The van der Waals surface area contributed by atoms with Gasteiger partial charge in [0, 0.05) is 0 Å². The molecule has 0 aliphatic carbocycles. The molecular formula is C18H22O. The molecule has 0 heterocycles. The van der Waals surface area contributed by atoms with Crippen LogP contribution in [0.1, 0.15) is 31.7 Å². The van der Waals surface area contributed by atoms with Gasteiger partial charge >= 0.3 is 0 Å². The fourth-order valence-electron chi connectivity index (χ4n) is 2.26. The van der Waals surface area contributed by atoms with Gasteiger partial charge in [-0.1, -0.05) is 61.0 Å². The Balaban J connectivity index is 1.88. The van der Waals surface area contributed by atoms with Gasteiger partial charge in [0.25, 0.3) is 0 Å². The van der Waals surface area contributed by atoms with Crippen LogP contribution in [0.4, 0.5) is 0 Å². The number of unbranched alkanes of at least 4 members (excludes halogenated alkanes) is 1. The molecule has 0 aliphatic heterocycles. The number of rotatable bonds is 6. The van der Waals surface area contributed by atoms with Gasteiger partial charge in [-0.15, -0.1) is 0 Å². The smallest absolute Gasteiger partial charge is 0.0512 e. The van der Waals surface area contributed by atoms with Crippen molar-refractivity contribution in [1.82, 2.24) is 0 Å². The first-order valence-electron chi connectivity index (χ1n) is 7.08. The zero-order chi connectivity index (χ0) is 13.5. The second-order valence-corrected chi connectivity index (χ2v) is 5.16.